The zero-order valence-electron chi connectivity index (χ0n) is 9.35. The Kier molecular flexibility index (Phi) is 3.09. The highest BCUT2D eigenvalue weighted by molar-refractivity contribution is 7.91. The maximum absolute atomic E-state index is 13.0. The Labute approximate surface area is 99.4 Å². The largest absolute Gasteiger partial charge is 0.390 e. The third-order valence-corrected chi connectivity index (χ3v) is 4.55. The monoisotopic (exact) mass is 259 g/mol. The number of nitrogens with one attached hydrogen (secondary N) is 1. The number of rotatable bonds is 2. The molecule has 1 aromatic carbocycles. The van der Waals surface area contributed by atoms with Crippen molar-refractivity contribution >= 4 is 15.5 Å². The summed E-state index contributed by atoms with van der Waals surface area (Å²) in [6.45, 7) is 1.63. The van der Waals surface area contributed by atoms with Gasteiger partial charge in [-0.2, -0.15) is 0 Å². The summed E-state index contributed by atoms with van der Waals surface area (Å²) in [6, 6.07) is 3.91. The molecule has 1 aliphatic heterocycles. The van der Waals surface area contributed by atoms with Crippen molar-refractivity contribution in [2.45, 2.75) is 19.1 Å². The molecule has 0 saturated carbocycles. The zero-order chi connectivity index (χ0) is 12.6. The lowest BCUT2D eigenvalue weighted by molar-refractivity contribution is 0.190. The van der Waals surface area contributed by atoms with Gasteiger partial charge in [0.2, 0.25) is 0 Å². The van der Waals surface area contributed by atoms with E-state index in [4.69, 9.17) is 0 Å². The number of hydrogen-bond acceptors (Lipinski definition) is 4. The third kappa shape index (κ3) is 2.76. The number of hydrogen-bond donors (Lipinski definition) is 2. The first-order valence-electron chi connectivity index (χ1n) is 5.28. The number of aliphatic hydroxyl groups is 1. The lowest BCUT2D eigenvalue weighted by Gasteiger charge is -2.16. The van der Waals surface area contributed by atoms with Gasteiger partial charge in [-0.3, -0.25) is 0 Å². The average molecular weight is 259 g/mol. The first-order valence-corrected chi connectivity index (χ1v) is 7.11. The number of aryl methyl sites for hydroxylation is 1. The molecule has 4 nitrogen and oxygen atoms in total. The first-order chi connectivity index (χ1) is 7.87. The van der Waals surface area contributed by atoms with Gasteiger partial charge in [0.1, 0.15) is 5.82 Å². The molecule has 1 saturated heterocycles. The van der Waals surface area contributed by atoms with Gasteiger partial charge in [-0.1, -0.05) is 0 Å². The maximum Gasteiger partial charge on any atom is 0.155 e. The van der Waals surface area contributed by atoms with Crippen LogP contribution in [0.2, 0.25) is 0 Å². The van der Waals surface area contributed by atoms with Crippen LogP contribution >= 0.6 is 0 Å². The predicted molar refractivity (Wildman–Crippen MR) is 63.2 cm³/mol. The second-order valence-electron chi connectivity index (χ2n) is 4.36. The van der Waals surface area contributed by atoms with E-state index >= 15 is 0 Å². The van der Waals surface area contributed by atoms with Crippen molar-refractivity contribution < 1.29 is 17.9 Å². The average Bonchev–Trinajstić information content (AvgIpc) is 2.46. The van der Waals surface area contributed by atoms with E-state index in [1.165, 1.54) is 12.1 Å². The predicted octanol–water partition coefficient (Wildman–Crippen LogP) is 0.704. The van der Waals surface area contributed by atoms with E-state index < -0.39 is 22.0 Å². The molecule has 0 spiro atoms. The van der Waals surface area contributed by atoms with E-state index in [-0.39, 0.29) is 17.3 Å². The van der Waals surface area contributed by atoms with E-state index in [0.29, 0.717) is 11.3 Å². The number of benzene rings is 1. The van der Waals surface area contributed by atoms with Gasteiger partial charge in [-0.15, -0.1) is 0 Å². The molecule has 1 fully saturated rings. The Morgan fingerprint density at radius 1 is 1.41 bits per heavy atom. The molecule has 2 atom stereocenters. The quantitative estimate of drug-likeness (QED) is 0.820. The Hall–Kier alpha value is -1.14. The van der Waals surface area contributed by atoms with Crippen molar-refractivity contribution in [1.29, 1.82) is 0 Å². The highest BCUT2D eigenvalue weighted by Crippen LogP contribution is 2.20. The van der Waals surface area contributed by atoms with Crippen LogP contribution in [0.15, 0.2) is 18.2 Å². The fourth-order valence-corrected chi connectivity index (χ4v) is 3.66. The van der Waals surface area contributed by atoms with E-state index in [9.17, 15) is 17.9 Å². The number of anilines is 1. The molecular formula is C11H14FNO3S. The van der Waals surface area contributed by atoms with Gasteiger partial charge in [0.15, 0.2) is 9.84 Å². The summed E-state index contributed by atoms with van der Waals surface area (Å²) in [5.41, 5.74) is 1.09. The summed E-state index contributed by atoms with van der Waals surface area (Å²) in [5, 5.41) is 12.5. The highest BCUT2D eigenvalue weighted by Gasteiger charge is 2.36. The van der Waals surface area contributed by atoms with Crippen LogP contribution < -0.4 is 5.32 Å². The Morgan fingerprint density at radius 2 is 2.12 bits per heavy atom. The minimum absolute atomic E-state index is 0.0927. The fraction of sp³-hybridized carbons (Fsp3) is 0.455. The zero-order valence-corrected chi connectivity index (χ0v) is 10.2. The van der Waals surface area contributed by atoms with Crippen molar-refractivity contribution in [3.8, 4) is 0 Å². The Balaban J connectivity index is 2.14. The summed E-state index contributed by atoms with van der Waals surface area (Å²) in [4.78, 5) is 0. The van der Waals surface area contributed by atoms with Gasteiger partial charge in [-0.25, -0.2) is 12.8 Å². The van der Waals surface area contributed by atoms with Crippen LogP contribution in [0.3, 0.4) is 0 Å². The maximum atomic E-state index is 13.0. The van der Waals surface area contributed by atoms with Crippen LogP contribution in [0.1, 0.15) is 5.56 Å². The molecule has 94 valence electrons. The number of aliphatic hydroxyl groups excluding tert-OH is 1. The second kappa shape index (κ2) is 4.27. The normalized spacial score (nSPS) is 27.0. The van der Waals surface area contributed by atoms with E-state index in [1.807, 2.05) is 0 Å². The highest BCUT2D eigenvalue weighted by atomic mass is 32.2. The van der Waals surface area contributed by atoms with E-state index in [1.54, 1.807) is 13.0 Å². The van der Waals surface area contributed by atoms with Gasteiger partial charge in [0.05, 0.1) is 23.7 Å². The molecule has 1 aliphatic rings. The molecule has 0 bridgehead atoms. The van der Waals surface area contributed by atoms with Crippen LogP contribution in [0.25, 0.3) is 0 Å². The lowest BCUT2D eigenvalue weighted by Crippen LogP contribution is -2.31. The molecule has 0 aromatic heterocycles. The van der Waals surface area contributed by atoms with Crippen molar-refractivity contribution in [2.75, 3.05) is 16.8 Å². The Morgan fingerprint density at radius 3 is 2.65 bits per heavy atom. The van der Waals surface area contributed by atoms with Crippen LogP contribution in [0.5, 0.6) is 0 Å². The van der Waals surface area contributed by atoms with Crippen molar-refractivity contribution in [3.63, 3.8) is 0 Å². The van der Waals surface area contributed by atoms with E-state index in [0.717, 1.165) is 0 Å². The minimum atomic E-state index is -3.17. The molecule has 0 amide bonds. The summed E-state index contributed by atoms with van der Waals surface area (Å²) in [5.74, 6) is -0.620. The molecule has 1 aromatic rings. The lowest BCUT2D eigenvalue weighted by atomic mass is 10.1. The summed E-state index contributed by atoms with van der Waals surface area (Å²) < 4.78 is 35.6. The number of halogens is 1. The molecule has 6 heteroatoms. The fourth-order valence-electron chi connectivity index (χ4n) is 1.92. The summed E-state index contributed by atoms with van der Waals surface area (Å²) in [6.07, 6.45) is -0.912. The van der Waals surface area contributed by atoms with Gasteiger partial charge in [-0.05, 0) is 30.7 Å². The standard InChI is InChI=1S/C11H14FNO3S/c1-7-4-8(2-3-9(7)12)13-10-5-17(15,16)6-11(10)14/h2-4,10-11,13-14H,5-6H2,1H3. The molecule has 1 heterocycles. The SMILES string of the molecule is Cc1cc(NC2CS(=O)(=O)CC2O)ccc1F. The molecule has 0 aliphatic carbocycles. The summed E-state index contributed by atoms with van der Waals surface area (Å²) >= 11 is 0. The van der Waals surface area contributed by atoms with Gasteiger partial charge in [0.25, 0.3) is 0 Å². The van der Waals surface area contributed by atoms with Crippen LogP contribution in [-0.4, -0.2) is 37.2 Å². The second-order valence-corrected chi connectivity index (χ2v) is 6.51. The summed E-state index contributed by atoms with van der Waals surface area (Å²) in [7, 11) is -3.17. The van der Waals surface area contributed by atoms with E-state index in [2.05, 4.69) is 5.32 Å². The van der Waals surface area contributed by atoms with Gasteiger partial charge < -0.3 is 10.4 Å². The molecule has 0 radical (unpaired) electrons. The van der Waals surface area contributed by atoms with Crippen LogP contribution in [-0.2, 0) is 9.84 Å². The van der Waals surface area contributed by atoms with Crippen molar-refractivity contribution in [3.05, 3.63) is 29.6 Å². The van der Waals surface area contributed by atoms with Crippen molar-refractivity contribution in [1.82, 2.24) is 0 Å². The molecule has 17 heavy (non-hydrogen) atoms. The first kappa shape index (κ1) is 12.3. The van der Waals surface area contributed by atoms with Crippen LogP contribution in [0, 0.1) is 12.7 Å². The van der Waals surface area contributed by atoms with Gasteiger partial charge in [0, 0.05) is 5.69 Å². The topological polar surface area (TPSA) is 66.4 Å². The third-order valence-electron chi connectivity index (χ3n) is 2.83. The Bertz CT molecular complexity index is 530. The smallest absolute Gasteiger partial charge is 0.155 e. The molecule has 2 unspecified atom stereocenters. The molecule has 2 rings (SSSR count). The van der Waals surface area contributed by atoms with Crippen LogP contribution in [0.4, 0.5) is 10.1 Å². The minimum Gasteiger partial charge on any atom is -0.390 e. The number of sulfone groups is 1. The van der Waals surface area contributed by atoms with Crippen molar-refractivity contribution in [2.24, 2.45) is 0 Å². The van der Waals surface area contributed by atoms with Gasteiger partial charge >= 0.3 is 0 Å². The molecular weight excluding hydrogens is 245 g/mol. The molecule has 2 N–H and O–H groups in total.